The molecule has 82 valence electrons. The number of anilines is 1. The van der Waals surface area contributed by atoms with Crippen LogP contribution in [0, 0.1) is 0 Å². The summed E-state index contributed by atoms with van der Waals surface area (Å²) in [5.41, 5.74) is 3.78. The molecular weight excluding hydrogens is 206 g/mol. The number of hydrogen-bond acceptors (Lipinski definition) is 1. The summed E-state index contributed by atoms with van der Waals surface area (Å²) in [6.07, 6.45) is 3.11. The van der Waals surface area contributed by atoms with E-state index in [4.69, 9.17) is 11.6 Å². The third-order valence-corrected chi connectivity index (χ3v) is 2.34. The second kappa shape index (κ2) is 6.52. The van der Waals surface area contributed by atoms with E-state index in [1.54, 1.807) is 0 Å². The predicted molar refractivity (Wildman–Crippen MR) is 68.8 cm³/mol. The van der Waals surface area contributed by atoms with E-state index in [2.05, 4.69) is 49.5 Å². The van der Waals surface area contributed by atoms with Gasteiger partial charge >= 0.3 is 0 Å². The van der Waals surface area contributed by atoms with Crippen LogP contribution in [0.5, 0.6) is 0 Å². The van der Waals surface area contributed by atoms with Gasteiger partial charge in [0.25, 0.3) is 0 Å². The maximum absolute atomic E-state index is 5.67. The fraction of sp³-hybridized carbons (Fsp3) is 0.385. The summed E-state index contributed by atoms with van der Waals surface area (Å²) >= 11 is 5.67. The van der Waals surface area contributed by atoms with Gasteiger partial charge in [-0.3, -0.25) is 0 Å². The van der Waals surface area contributed by atoms with Gasteiger partial charge in [-0.15, -0.1) is 11.6 Å². The summed E-state index contributed by atoms with van der Waals surface area (Å²) in [7, 11) is 0. The summed E-state index contributed by atoms with van der Waals surface area (Å²) in [5.74, 6) is 0.685. The lowest BCUT2D eigenvalue weighted by molar-refractivity contribution is 1.15. The SMILES string of the molecule is CC(C)=CCNc1ccc(CCCl)cc1. The Bertz CT molecular complexity index is 310. The minimum absolute atomic E-state index is 0.685. The van der Waals surface area contributed by atoms with Gasteiger partial charge in [0.2, 0.25) is 0 Å². The fourth-order valence-electron chi connectivity index (χ4n) is 1.27. The molecule has 2 heteroatoms. The van der Waals surface area contributed by atoms with E-state index >= 15 is 0 Å². The average molecular weight is 224 g/mol. The molecule has 0 saturated heterocycles. The Hall–Kier alpha value is -0.950. The highest BCUT2D eigenvalue weighted by atomic mass is 35.5. The Morgan fingerprint density at radius 3 is 2.47 bits per heavy atom. The van der Waals surface area contributed by atoms with Gasteiger partial charge in [0.15, 0.2) is 0 Å². The zero-order valence-corrected chi connectivity index (χ0v) is 10.1. The van der Waals surface area contributed by atoms with Crippen LogP contribution in [0.3, 0.4) is 0 Å². The van der Waals surface area contributed by atoms with Gasteiger partial charge in [0.1, 0.15) is 0 Å². The van der Waals surface area contributed by atoms with E-state index in [0.717, 1.165) is 18.7 Å². The van der Waals surface area contributed by atoms with Crippen LogP contribution >= 0.6 is 11.6 Å². The molecule has 0 unspecified atom stereocenters. The van der Waals surface area contributed by atoms with Crippen LogP contribution in [-0.4, -0.2) is 12.4 Å². The molecule has 0 heterocycles. The maximum Gasteiger partial charge on any atom is 0.0342 e. The first kappa shape index (κ1) is 12.1. The third kappa shape index (κ3) is 4.89. The lowest BCUT2D eigenvalue weighted by Crippen LogP contribution is -1.98. The zero-order chi connectivity index (χ0) is 11.1. The second-order valence-electron chi connectivity index (χ2n) is 3.80. The number of benzene rings is 1. The van der Waals surface area contributed by atoms with Crippen molar-refractivity contribution < 1.29 is 0 Å². The quantitative estimate of drug-likeness (QED) is 0.591. The topological polar surface area (TPSA) is 12.0 Å². The molecule has 1 aromatic carbocycles. The van der Waals surface area contributed by atoms with Crippen molar-refractivity contribution in [2.45, 2.75) is 20.3 Å². The van der Waals surface area contributed by atoms with Gasteiger partial charge < -0.3 is 5.32 Å². The van der Waals surface area contributed by atoms with E-state index in [-0.39, 0.29) is 0 Å². The molecular formula is C13H18ClN. The number of halogens is 1. The molecule has 0 aliphatic carbocycles. The molecule has 0 aromatic heterocycles. The Labute approximate surface area is 97.1 Å². The molecule has 0 bridgehead atoms. The van der Waals surface area contributed by atoms with Crippen LogP contribution in [-0.2, 0) is 6.42 Å². The van der Waals surface area contributed by atoms with Crippen molar-refractivity contribution >= 4 is 17.3 Å². The monoisotopic (exact) mass is 223 g/mol. The first-order valence-electron chi connectivity index (χ1n) is 5.24. The summed E-state index contributed by atoms with van der Waals surface area (Å²) in [4.78, 5) is 0. The van der Waals surface area contributed by atoms with Crippen molar-refractivity contribution in [2.75, 3.05) is 17.7 Å². The molecule has 0 amide bonds. The van der Waals surface area contributed by atoms with Crippen LogP contribution in [0.25, 0.3) is 0 Å². The first-order chi connectivity index (χ1) is 7.22. The molecule has 15 heavy (non-hydrogen) atoms. The van der Waals surface area contributed by atoms with Crippen molar-refractivity contribution in [2.24, 2.45) is 0 Å². The van der Waals surface area contributed by atoms with E-state index in [1.807, 2.05) is 0 Å². The fourth-order valence-corrected chi connectivity index (χ4v) is 1.49. The lowest BCUT2D eigenvalue weighted by atomic mass is 10.1. The number of aryl methyl sites for hydroxylation is 1. The van der Waals surface area contributed by atoms with Gasteiger partial charge in [0.05, 0.1) is 0 Å². The molecule has 1 aromatic rings. The van der Waals surface area contributed by atoms with Gasteiger partial charge in [-0.05, 0) is 38.0 Å². The van der Waals surface area contributed by atoms with Crippen LogP contribution in [0.15, 0.2) is 35.9 Å². The molecule has 0 aliphatic rings. The van der Waals surface area contributed by atoms with E-state index in [1.165, 1.54) is 11.1 Å². The van der Waals surface area contributed by atoms with Crippen LogP contribution < -0.4 is 5.32 Å². The molecule has 0 radical (unpaired) electrons. The Balaban J connectivity index is 2.46. The highest BCUT2D eigenvalue weighted by Gasteiger charge is 1.92. The zero-order valence-electron chi connectivity index (χ0n) is 9.39. The highest BCUT2D eigenvalue weighted by Crippen LogP contribution is 2.10. The average Bonchev–Trinajstić information content (AvgIpc) is 2.20. The molecule has 0 fully saturated rings. The number of alkyl halides is 1. The predicted octanol–water partition coefficient (Wildman–Crippen LogP) is 3.85. The van der Waals surface area contributed by atoms with Crippen molar-refractivity contribution in [3.63, 3.8) is 0 Å². The first-order valence-corrected chi connectivity index (χ1v) is 5.78. The molecule has 1 N–H and O–H groups in total. The maximum atomic E-state index is 5.67. The largest absolute Gasteiger partial charge is 0.382 e. The van der Waals surface area contributed by atoms with Crippen LogP contribution in [0.4, 0.5) is 5.69 Å². The minimum atomic E-state index is 0.685. The van der Waals surface area contributed by atoms with Crippen molar-refractivity contribution in [1.82, 2.24) is 0 Å². The second-order valence-corrected chi connectivity index (χ2v) is 4.18. The Kier molecular flexibility index (Phi) is 5.27. The minimum Gasteiger partial charge on any atom is -0.382 e. The molecule has 1 nitrogen and oxygen atoms in total. The van der Waals surface area contributed by atoms with Crippen LogP contribution in [0.2, 0.25) is 0 Å². The van der Waals surface area contributed by atoms with Crippen molar-refractivity contribution in [3.8, 4) is 0 Å². The normalized spacial score (nSPS) is 9.80. The number of nitrogens with one attached hydrogen (secondary N) is 1. The molecule has 1 rings (SSSR count). The Morgan fingerprint density at radius 2 is 1.93 bits per heavy atom. The highest BCUT2D eigenvalue weighted by molar-refractivity contribution is 6.17. The molecule has 0 aliphatic heterocycles. The molecule has 0 atom stereocenters. The van der Waals surface area contributed by atoms with Gasteiger partial charge in [-0.2, -0.15) is 0 Å². The molecule has 0 spiro atoms. The summed E-state index contributed by atoms with van der Waals surface area (Å²) in [6, 6.07) is 8.43. The smallest absolute Gasteiger partial charge is 0.0342 e. The summed E-state index contributed by atoms with van der Waals surface area (Å²) < 4.78 is 0. The number of allylic oxidation sites excluding steroid dienone is 1. The lowest BCUT2D eigenvalue weighted by Gasteiger charge is -2.04. The summed E-state index contributed by atoms with van der Waals surface area (Å²) in [6.45, 7) is 5.09. The van der Waals surface area contributed by atoms with Gasteiger partial charge in [-0.25, -0.2) is 0 Å². The van der Waals surface area contributed by atoms with E-state index < -0.39 is 0 Å². The van der Waals surface area contributed by atoms with Crippen molar-refractivity contribution in [1.29, 1.82) is 0 Å². The van der Waals surface area contributed by atoms with E-state index in [0.29, 0.717) is 5.88 Å². The molecule has 0 saturated carbocycles. The van der Waals surface area contributed by atoms with Gasteiger partial charge in [-0.1, -0.05) is 23.8 Å². The standard InChI is InChI=1S/C13H18ClN/c1-11(2)8-10-15-13-5-3-12(4-6-13)7-9-14/h3-6,8,15H,7,9-10H2,1-2H3. The number of hydrogen-bond donors (Lipinski definition) is 1. The summed E-state index contributed by atoms with van der Waals surface area (Å²) in [5, 5.41) is 3.34. The van der Waals surface area contributed by atoms with E-state index in [9.17, 15) is 0 Å². The number of rotatable bonds is 5. The van der Waals surface area contributed by atoms with Crippen molar-refractivity contribution in [3.05, 3.63) is 41.5 Å². The van der Waals surface area contributed by atoms with Crippen LogP contribution in [0.1, 0.15) is 19.4 Å². The Morgan fingerprint density at radius 1 is 1.27 bits per heavy atom. The third-order valence-electron chi connectivity index (χ3n) is 2.15. The van der Waals surface area contributed by atoms with Gasteiger partial charge in [0, 0.05) is 18.1 Å².